The van der Waals surface area contributed by atoms with E-state index in [-0.39, 0.29) is 12.0 Å². The van der Waals surface area contributed by atoms with Gasteiger partial charge in [-0.15, -0.1) is 0 Å². The number of hydrogen-bond acceptors (Lipinski definition) is 4. The smallest absolute Gasteiger partial charge is 0.119 e. The number of nitrogens with zero attached hydrogens (tertiary/aromatic N) is 1. The second-order valence-corrected chi connectivity index (χ2v) is 7.01. The molecule has 0 radical (unpaired) electrons. The molecular weight excluding hydrogens is 266 g/mol. The topological polar surface area (TPSA) is 52.9 Å². The second kappa shape index (κ2) is 6.77. The maximum Gasteiger partial charge on any atom is 0.119 e. The van der Waals surface area contributed by atoms with E-state index in [1.807, 2.05) is 12.1 Å². The third kappa shape index (κ3) is 4.70. The van der Waals surface area contributed by atoms with E-state index in [2.05, 4.69) is 37.8 Å². The van der Waals surface area contributed by atoms with E-state index in [9.17, 15) is 5.11 Å². The summed E-state index contributed by atoms with van der Waals surface area (Å²) in [5.74, 6) is 1.17. The lowest BCUT2D eigenvalue weighted by Crippen LogP contribution is -2.51. The summed E-state index contributed by atoms with van der Waals surface area (Å²) in [6, 6.07) is 8.06. The molecule has 1 aromatic carbocycles. The van der Waals surface area contributed by atoms with Crippen molar-refractivity contribution in [2.45, 2.75) is 32.3 Å². The first kappa shape index (κ1) is 16.3. The Kier molecular flexibility index (Phi) is 5.25. The minimum absolute atomic E-state index is 0.138. The van der Waals surface area contributed by atoms with Gasteiger partial charge in [0.2, 0.25) is 0 Å². The van der Waals surface area contributed by atoms with Crippen molar-refractivity contribution in [2.75, 3.05) is 32.8 Å². The Morgan fingerprint density at radius 1 is 1.24 bits per heavy atom. The SMILES string of the molecule is CC(C)(C)c1ccc(OC[C@H](O)CN2CC(CO)C2)cc1. The van der Waals surface area contributed by atoms with Crippen molar-refractivity contribution in [3.05, 3.63) is 29.8 Å². The molecule has 4 nitrogen and oxygen atoms in total. The van der Waals surface area contributed by atoms with Gasteiger partial charge in [-0.05, 0) is 23.1 Å². The molecule has 0 bridgehead atoms. The summed E-state index contributed by atoms with van der Waals surface area (Å²) in [4.78, 5) is 2.14. The number of rotatable bonds is 6. The molecule has 1 fully saturated rings. The van der Waals surface area contributed by atoms with Crippen molar-refractivity contribution in [3.8, 4) is 5.75 Å². The van der Waals surface area contributed by atoms with Gasteiger partial charge in [0.25, 0.3) is 0 Å². The van der Waals surface area contributed by atoms with Crippen molar-refractivity contribution in [1.29, 1.82) is 0 Å². The minimum atomic E-state index is -0.494. The zero-order valence-corrected chi connectivity index (χ0v) is 13.2. The fourth-order valence-electron chi connectivity index (χ4n) is 2.54. The van der Waals surface area contributed by atoms with Gasteiger partial charge >= 0.3 is 0 Å². The highest BCUT2D eigenvalue weighted by atomic mass is 16.5. The van der Waals surface area contributed by atoms with Crippen LogP contribution in [0.15, 0.2) is 24.3 Å². The Labute approximate surface area is 127 Å². The van der Waals surface area contributed by atoms with Crippen LogP contribution in [0.5, 0.6) is 5.75 Å². The lowest BCUT2D eigenvalue weighted by atomic mass is 9.87. The summed E-state index contributed by atoms with van der Waals surface area (Å²) < 4.78 is 5.63. The lowest BCUT2D eigenvalue weighted by Gasteiger charge is -2.39. The quantitative estimate of drug-likeness (QED) is 0.837. The number of likely N-dealkylation sites (tertiary alicyclic amines) is 1. The van der Waals surface area contributed by atoms with Crippen LogP contribution in [0.25, 0.3) is 0 Å². The third-order valence-electron chi connectivity index (χ3n) is 3.92. The standard InChI is InChI=1S/C17H27NO3/c1-17(2,3)14-4-6-16(7-5-14)21-12-15(20)10-18-8-13(9-18)11-19/h4-7,13,15,19-20H,8-12H2,1-3H3/t15-/m1/s1. The van der Waals surface area contributed by atoms with E-state index in [0.717, 1.165) is 18.8 Å². The van der Waals surface area contributed by atoms with E-state index < -0.39 is 6.10 Å². The number of benzene rings is 1. The third-order valence-corrected chi connectivity index (χ3v) is 3.92. The summed E-state index contributed by atoms with van der Waals surface area (Å²) in [6.45, 7) is 9.43. The van der Waals surface area contributed by atoms with Gasteiger partial charge in [0, 0.05) is 32.2 Å². The zero-order valence-electron chi connectivity index (χ0n) is 13.2. The van der Waals surface area contributed by atoms with Crippen LogP contribution in [-0.4, -0.2) is 54.1 Å². The predicted molar refractivity (Wildman–Crippen MR) is 83.7 cm³/mol. The van der Waals surface area contributed by atoms with Crippen molar-refractivity contribution in [1.82, 2.24) is 4.90 Å². The van der Waals surface area contributed by atoms with Crippen molar-refractivity contribution < 1.29 is 14.9 Å². The Morgan fingerprint density at radius 3 is 2.38 bits per heavy atom. The summed E-state index contributed by atoms with van der Waals surface area (Å²) in [5, 5.41) is 18.9. The van der Waals surface area contributed by atoms with Crippen LogP contribution in [0.2, 0.25) is 0 Å². The number of hydrogen-bond donors (Lipinski definition) is 2. The average Bonchev–Trinajstić information content (AvgIpc) is 2.39. The largest absolute Gasteiger partial charge is 0.491 e. The molecule has 1 aromatic rings. The predicted octanol–water partition coefficient (Wildman–Crippen LogP) is 1.65. The van der Waals surface area contributed by atoms with Gasteiger partial charge in [0.1, 0.15) is 18.5 Å². The van der Waals surface area contributed by atoms with Crippen LogP contribution in [0.4, 0.5) is 0 Å². The highest BCUT2D eigenvalue weighted by Gasteiger charge is 2.27. The Morgan fingerprint density at radius 2 is 1.86 bits per heavy atom. The van der Waals surface area contributed by atoms with Gasteiger partial charge in [-0.25, -0.2) is 0 Å². The van der Waals surface area contributed by atoms with Crippen LogP contribution in [-0.2, 0) is 5.41 Å². The van der Waals surface area contributed by atoms with Crippen LogP contribution in [0.1, 0.15) is 26.3 Å². The molecule has 0 aliphatic carbocycles. The second-order valence-electron chi connectivity index (χ2n) is 7.01. The molecule has 1 heterocycles. The maximum absolute atomic E-state index is 9.96. The maximum atomic E-state index is 9.96. The molecule has 2 N–H and O–H groups in total. The highest BCUT2D eigenvalue weighted by molar-refractivity contribution is 5.31. The molecule has 0 aromatic heterocycles. The lowest BCUT2D eigenvalue weighted by molar-refractivity contribution is 0.00227. The Hall–Kier alpha value is -1.10. The van der Waals surface area contributed by atoms with E-state index in [4.69, 9.17) is 9.84 Å². The van der Waals surface area contributed by atoms with E-state index >= 15 is 0 Å². The molecule has 4 heteroatoms. The number of aliphatic hydroxyl groups is 2. The highest BCUT2D eigenvalue weighted by Crippen LogP contribution is 2.24. The van der Waals surface area contributed by atoms with Crippen molar-refractivity contribution in [2.24, 2.45) is 5.92 Å². The average molecular weight is 293 g/mol. The van der Waals surface area contributed by atoms with Crippen LogP contribution in [0, 0.1) is 5.92 Å². The molecule has 1 aliphatic heterocycles. The summed E-state index contributed by atoms with van der Waals surface area (Å²) in [5.41, 5.74) is 1.41. The molecule has 2 rings (SSSR count). The van der Waals surface area contributed by atoms with Gasteiger partial charge in [-0.2, -0.15) is 0 Å². The van der Waals surface area contributed by atoms with E-state index in [0.29, 0.717) is 19.1 Å². The number of ether oxygens (including phenoxy) is 1. The monoisotopic (exact) mass is 293 g/mol. The van der Waals surface area contributed by atoms with Crippen molar-refractivity contribution >= 4 is 0 Å². The molecule has 21 heavy (non-hydrogen) atoms. The first-order valence-electron chi connectivity index (χ1n) is 7.63. The summed E-state index contributed by atoms with van der Waals surface area (Å²) in [7, 11) is 0. The van der Waals surface area contributed by atoms with Gasteiger partial charge in [0.05, 0.1) is 0 Å². The van der Waals surface area contributed by atoms with Crippen molar-refractivity contribution in [3.63, 3.8) is 0 Å². The minimum Gasteiger partial charge on any atom is -0.491 e. The molecule has 0 spiro atoms. The zero-order chi connectivity index (χ0) is 15.5. The Balaban J connectivity index is 1.73. The normalized spacial score (nSPS) is 18.3. The molecule has 0 unspecified atom stereocenters. The van der Waals surface area contributed by atoms with Crippen LogP contribution < -0.4 is 4.74 Å². The van der Waals surface area contributed by atoms with Gasteiger partial charge in [-0.3, -0.25) is 4.90 Å². The molecule has 1 atom stereocenters. The number of β-amino-alcohol motifs (C(OH)–C–C–N with tert-alkyl or cyclic N) is 1. The molecular formula is C17H27NO3. The van der Waals surface area contributed by atoms with Gasteiger partial charge < -0.3 is 14.9 Å². The summed E-state index contributed by atoms with van der Waals surface area (Å²) in [6.07, 6.45) is -0.494. The summed E-state index contributed by atoms with van der Waals surface area (Å²) >= 11 is 0. The van der Waals surface area contributed by atoms with E-state index in [1.165, 1.54) is 5.56 Å². The molecule has 1 saturated heterocycles. The molecule has 0 saturated carbocycles. The molecule has 0 amide bonds. The molecule has 118 valence electrons. The molecule has 1 aliphatic rings. The number of aliphatic hydroxyl groups excluding tert-OH is 2. The van der Waals surface area contributed by atoms with Crippen LogP contribution in [0.3, 0.4) is 0 Å². The Bertz CT molecular complexity index is 432. The van der Waals surface area contributed by atoms with Gasteiger partial charge in [-0.1, -0.05) is 32.9 Å². The first-order valence-corrected chi connectivity index (χ1v) is 7.63. The fourth-order valence-corrected chi connectivity index (χ4v) is 2.54. The van der Waals surface area contributed by atoms with Crippen LogP contribution >= 0.6 is 0 Å². The van der Waals surface area contributed by atoms with E-state index in [1.54, 1.807) is 0 Å². The van der Waals surface area contributed by atoms with Gasteiger partial charge in [0.15, 0.2) is 0 Å². The fraction of sp³-hybridized carbons (Fsp3) is 0.647. The first-order chi connectivity index (χ1) is 9.88.